The fourth-order valence-corrected chi connectivity index (χ4v) is 1.81. The molecule has 0 atom stereocenters. The lowest BCUT2D eigenvalue weighted by Crippen LogP contribution is -1.86. The van der Waals surface area contributed by atoms with Crippen molar-refractivity contribution in [2.45, 2.75) is 0 Å². The Labute approximate surface area is 107 Å². The van der Waals surface area contributed by atoms with Crippen molar-refractivity contribution in [3.63, 3.8) is 0 Å². The van der Waals surface area contributed by atoms with Gasteiger partial charge in [-0.15, -0.1) is 0 Å². The summed E-state index contributed by atoms with van der Waals surface area (Å²) >= 11 is 17.4. The van der Waals surface area contributed by atoms with Crippen LogP contribution in [0.25, 0.3) is 11.1 Å². The molecule has 16 heavy (non-hydrogen) atoms. The van der Waals surface area contributed by atoms with Gasteiger partial charge in [0.2, 0.25) is 0 Å². The van der Waals surface area contributed by atoms with Crippen molar-refractivity contribution in [2.24, 2.45) is 0 Å². The standard InChI is InChI=1S/C11H5Cl3FN/c12-8-3-1-2-7(10(8)13)6-4-9(15)11(14)16-5-6/h1-5H. The fourth-order valence-electron chi connectivity index (χ4n) is 1.30. The first-order chi connectivity index (χ1) is 7.59. The van der Waals surface area contributed by atoms with Crippen LogP contribution in [0.15, 0.2) is 30.5 Å². The highest BCUT2D eigenvalue weighted by atomic mass is 35.5. The molecule has 2 rings (SSSR count). The van der Waals surface area contributed by atoms with Crippen LogP contribution in [-0.2, 0) is 0 Å². The van der Waals surface area contributed by atoms with E-state index in [2.05, 4.69) is 4.98 Å². The molecular weight excluding hydrogens is 271 g/mol. The molecule has 0 aliphatic rings. The minimum Gasteiger partial charge on any atom is -0.241 e. The fraction of sp³-hybridized carbons (Fsp3) is 0. The van der Waals surface area contributed by atoms with Crippen molar-refractivity contribution in [1.29, 1.82) is 0 Å². The zero-order valence-electron chi connectivity index (χ0n) is 7.85. The summed E-state index contributed by atoms with van der Waals surface area (Å²) in [4.78, 5) is 3.71. The van der Waals surface area contributed by atoms with E-state index in [9.17, 15) is 4.39 Å². The predicted octanol–water partition coefficient (Wildman–Crippen LogP) is 4.85. The molecule has 0 bridgehead atoms. The van der Waals surface area contributed by atoms with Gasteiger partial charge in [-0.3, -0.25) is 0 Å². The minimum atomic E-state index is -0.588. The molecule has 0 aliphatic heterocycles. The Kier molecular flexibility index (Phi) is 3.33. The Morgan fingerprint density at radius 1 is 1.12 bits per heavy atom. The molecule has 0 saturated carbocycles. The molecule has 0 spiro atoms. The number of pyridine rings is 1. The average molecular weight is 277 g/mol. The highest BCUT2D eigenvalue weighted by Crippen LogP contribution is 2.33. The van der Waals surface area contributed by atoms with E-state index in [1.54, 1.807) is 18.2 Å². The summed E-state index contributed by atoms with van der Waals surface area (Å²) in [6.07, 6.45) is 1.45. The molecule has 0 aliphatic carbocycles. The first-order valence-corrected chi connectivity index (χ1v) is 5.48. The molecule has 0 unspecified atom stereocenters. The molecule has 0 radical (unpaired) electrons. The van der Waals surface area contributed by atoms with Gasteiger partial charge in [0.05, 0.1) is 10.0 Å². The lowest BCUT2D eigenvalue weighted by molar-refractivity contribution is 0.622. The van der Waals surface area contributed by atoms with Crippen LogP contribution >= 0.6 is 34.8 Å². The molecule has 1 aromatic heterocycles. The second kappa shape index (κ2) is 4.58. The zero-order chi connectivity index (χ0) is 11.7. The summed E-state index contributed by atoms with van der Waals surface area (Å²) in [5.41, 5.74) is 1.16. The SMILES string of the molecule is Fc1cc(-c2cccc(Cl)c2Cl)cnc1Cl. The first-order valence-electron chi connectivity index (χ1n) is 4.35. The molecule has 0 N–H and O–H groups in total. The van der Waals surface area contributed by atoms with Crippen LogP contribution in [0.3, 0.4) is 0 Å². The van der Waals surface area contributed by atoms with Gasteiger partial charge in [-0.25, -0.2) is 9.37 Å². The Morgan fingerprint density at radius 2 is 1.88 bits per heavy atom. The summed E-state index contributed by atoms with van der Waals surface area (Å²) in [6.45, 7) is 0. The normalized spacial score (nSPS) is 10.5. The zero-order valence-corrected chi connectivity index (χ0v) is 10.1. The summed E-state index contributed by atoms with van der Waals surface area (Å²) in [6, 6.07) is 6.40. The second-order valence-electron chi connectivity index (χ2n) is 3.10. The van der Waals surface area contributed by atoms with E-state index in [-0.39, 0.29) is 5.15 Å². The smallest absolute Gasteiger partial charge is 0.164 e. The number of rotatable bonds is 1. The van der Waals surface area contributed by atoms with Gasteiger partial charge >= 0.3 is 0 Å². The Morgan fingerprint density at radius 3 is 2.56 bits per heavy atom. The third-order valence-corrected chi connectivity index (χ3v) is 3.16. The van der Waals surface area contributed by atoms with Gasteiger partial charge < -0.3 is 0 Å². The van der Waals surface area contributed by atoms with E-state index in [1.807, 2.05) is 0 Å². The van der Waals surface area contributed by atoms with Crippen LogP contribution in [0.5, 0.6) is 0 Å². The summed E-state index contributed by atoms with van der Waals surface area (Å²) in [7, 11) is 0. The van der Waals surface area contributed by atoms with Crippen molar-refractivity contribution in [3.8, 4) is 11.1 Å². The topological polar surface area (TPSA) is 12.9 Å². The third kappa shape index (κ3) is 2.14. The van der Waals surface area contributed by atoms with E-state index >= 15 is 0 Å². The maximum absolute atomic E-state index is 13.2. The van der Waals surface area contributed by atoms with E-state index in [0.29, 0.717) is 21.2 Å². The number of hydrogen-bond acceptors (Lipinski definition) is 1. The molecule has 2 aromatic rings. The van der Waals surface area contributed by atoms with Crippen molar-refractivity contribution in [2.75, 3.05) is 0 Å². The maximum atomic E-state index is 13.2. The Balaban J connectivity index is 2.59. The number of nitrogens with zero attached hydrogens (tertiary/aromatic N) is 1. The number of benzene rings is 1. The lowest BCUT2D eigenvalue weighted by Gasteiger charge is -2.05. The molecule has 1 aromatic carbocycles. The quantitative estimate of drug-likeness (QED) is 0.679. The van der Waals surface area contributed by atoms with Crippen LogP contribution in [-0.4, -0.2) is 4.98 Å². The van der Waals surface area contributed by atoms with Crippen LogP contribution in [0.1, 0.15) is 0 Å². The summed E-state index contributed by atoms with van der Waals surface area (Å²) in [5.74, 6) is -0.588. The van der Waals surface area contributed by atoms with Crippen molar-refractivity contribution in [3.05, 3.63) is 51.5 Å². The molecule has 5 heteroatoms. The van der Waals surface area contributed by atoms with Gasteiger partial charge in [0.25, 0.3) is 0 Å². The van der Waals surface area contributed by atoms with Crippen LogP contribution in [0, 0.1) is 5.82 Å². The third-order valence-electron chi connectivity index (χ3n) is 2.06. The molecule has 82 valence electrons. The Hall–Kier alpha value is -0.830. The molecule has 1 heterocycles. The highest BCUT2D eigenvalue weighted by Gasteiger charge is 2.09. The molecule has 0 amide bonds. The summed E-state index contributed by atoms with van der Waals surface area (Å²) < 4.78 is 13.2. The van der Waals surface area contributed by atoms with Crippen molar-refractivity contribution < 1.29 is 4.39 Å². The highest BCUT2D eigenvalue weighted by molar-refractivity contribution is 6.43. The van der Waals surface area contributed by atoms with E-state index in [1.165, 1.54) is 12.3 Å². The van der Waals surface area contributed by atoms with Crippen LogP contribution in [0.2, 0.25) is 15.2 Å². The molecule has 1 nitrogen and oxygen atoms in total. The number of halogens is 4. The number of hydrogen-bond donors (Lipinski definition) is 0. The monoisotopic (exact) mass is 275 g/mol. The van der Waals surface area contributed by atoms with Crippen LogP contribution in [0.4, 0.5) is 4.39 Å². The maximum Gasteiger partial charge on any atom is 0.164 e. The average Bonchev–Trinajstić information content (AvgIpc) is 2.26. The second-order valence-corrected chi connectivity index (χ2v) is 4.24. The minimum absolute atomic E-state index is 0.165. The van der Waals surface area contributed by atoms with Gasteiger partial charge in [-0.2, -0.15) is 0 Å². The van der Waals surface area contributed by atoms with Gasteiger partial charge in [-0.1, -0.05) is 46.9 Å². The van der Waals surface area contributed by atoms with Gasteiger partial charge in [-0.05, 0) is 12.1 Å². The predicted molar refractivity (Wildman–Crippen MR) is 64.7 cm³/mol. The van der Waals surface area contributed by atoms with Gasteiger partial charge in [0.15, 0.2) is 11.0 Å². The molecule has 0 fully saturated rings. The first kappa shape index (κ1) is 11.6. The van der Waals surface area contributed by atoms with Crippen molar-refractivity contribution in [1.82, 2.24) is 4.98 Å². The Bertz CT molecular complexity index is 543. The van der Waals surface area contributed by atoms with E-state index < -0.39 is 5.82 Å². The van der Waals surface area contributed by atoms with Crippen LogP contribution < -0.4 is 0 Å². The van der Waals surface area contributed by atoms with Gasteiger partial charge in [0.1, 0.15) is 0 Å². The molecule has 0 saturated heterocycles. The summed E-state index contributed by atoms with van der Waals surface area (Å²) in [5, 5.41) is 0.615. The lowest BCUT2D eigenvalue weighted by atomic mass is 10.1. The van der Waals surface area contributed by atoms with Crippen molar-refractivity contribution >= 4 is 34.8 Å². The van der Waals surface area contributed by atoms with E-state index in [0.717, 1.165) is 0 Å². The largest absolute Gasteiger partial charge is 0.241 e. The van der Waals surface area contributed by atoms with E-state index in [4.69, 9.17) is 34.8 Å². The van der Waals surface area contributed by atoms with Gasteiger partial charge in [0, 0.05) is 17.3 Å². The number of aromatic nitrogens is 1. The molecular formula is C11H5Cl3FN.